The monoisotopic (exact) mass is 296 g/mol. The number of hydrogen-bond acceptors (Lipinski definition) is 2. The lowest BCUT2D eigenvalue weighted by atomic mass is 9.73. The van der Waals surface area contributed by atoms with Crippen LogP contribution in [0.5, 0.6) is 0 Å². The fraction of sp³-hybridized carbons (Fsp3) is 0.526. The fourth-order valence-electron chi connectivity index (χ4n) is 4.12. The van der Waals surface area contributed by atoms with Crippen molar-refractivity contribution in [3.05, 3.63) is 35.4 Å². The molecule has 3 nitrogen and oxygen atoms in total. The third-order valence-electron chi connectivity index (χ3n) is 5.45. The molecule has 22 heavy (non-hydrogen) atoms. The van der Waals surface area contributed by atoms with E-state index in [4.69, 9.17) is 6.42 Å². The van der Waals surface area contributed by atoms with Gasteiger partial charge in [0.2, 0.25) is 5.91 Å². The first-order chi connectivity index (χ1) is 10.6. The van der Waals surface area contributed by atoms with E-state index in [-0.39, 0.29) is 17.2 Å². The van der Waals surface area contributed by atoms with E-state index in [2.05, 4.69) is 36.1 Å². The Morgan fingerprint density at radius 2 is 2.09 bits per heavy atom. The minimum absolute atomic E-state index is 0.0297. The van der Waals surface area contributed by atoms with E-state index < -0.39 is 0 Å². The maximum absolute atomic E-state index is 12.8. The Kier molecular flexibility index (Phi) is 3.97. The standard InChI is InChI=1S/C19H24N2O/c1-4-11-21(3)18(22)16-14-19(9-12-20(2)13-10-19)17-8-6-5-7-15(16)17/h1,5-8,16H,9-14H2,2-3H3/t16-/m1/s1. The van der Waals surface area contributed by atoms with Crippen molar-refractivity contribution in [3.8, 4) is 12.3 Å². The molecule has 0 aromatic heterocycles. The molecule has 0 N–H and O–H groups in total. The van der Waals surface area contributed by atoms with Gasteiger partial charge in [-0.1, -0.05) is 30.2 Å². The van der Waals surface area contributed by atoms with Crippen molar-refractivity contribution in [1.29, 1.82) is 0 Å². The molecule has 1 spiro atoms. The Balaban J connectivity index is 1.93. The zero-order valence-corrected chi connectivity index (χ0v) is 13.5. The number of likely N-dealkylation sites (tertiary alicyclic amines) is 1. The third kappa shape index (κ3) is 2.42. The maximum Gasteiger partial charge on any atom is 0.230 e. The molecule has 1 amide bonds. The number of carbonyl (C=O) groups excluding carboxylic acids is 1. The largest absolute Gasteiger partial charge is 0.334 e. The molecule has 1 saturated heterocycles. The predicted molar refractivity (Wildman–Crippen MR) is 88.7 cm³/mol. The van der Waals surface area contributed by atoms with Gasteiger partial charge in [-0.25, -0.2) is 0 Å². The van der Waals surface area contributed by atoms with Gasteiger partial charge in [0.25, 0.3) is 0 Å². The van der Waals surface area contributed by atoms with Crippen LogP contribution in [-0.4, -0.2) is 49.4 Å². The first-order valence-corrected chi connectivity index (χ1v) is 8.04. The Bertz CT molecular complexity index is 608. The Morgan fingerprint density at radius 3 is 2.77 bits per heavy atom. The molecule has 1 aliphatic carbocycles. The highest BCUT2D eigenvalue weighted by molar-refractivity contribution is 5.85. The number of nitrogens with zero attached hydrogens (tertiary/aromatic N) is 2. The summed E-state index contributed by atoms with van der Waals surface area (Å²) in [7, 11) is 3.99. The predicted octanol–water partition coefficient (Wildman–Crippen LogP) is 2.23. The molecular weight excluding hydrogens is 272 g/mol. The summed E-state index contributed by atoms with van der Waals surface area (Å²) < 4.78 is 0. The van der Waals surface area contributed by atoms with Crippen LogP contribution in [0, 0.1) is 12.3 Å². The summed E-state index contributed by atoms with van der Waals surface area (Å²) in [5.41, 5.74) is 2.80. The molecular formula is C19H24N2O. The van der Waals surface area contributed by atoms with Crippen molar-refractivity contribution in [2.75, 3.05) is 33.7 Å². The van der Waals surface area contributed by atoms with Crippen LogP contribution >= 0.6 is 0 Å². The van der Waals surface area contributed by atoms with Gasteiger partial charge in [0, 0.05) is 7.05 Å². The molecule has 0 saturated carbocycles. The molecule has 0 unspecified atom stereocenters. The zero-order valence-electron chi connectivity index (χ0n) is 13.5. The van der Waals surface area contributed by atoms with E-state index in [0.717, 1.165) is 32.4 Å². The van der Waals surface area contributed by atoms with Crippen molar-refractivity contribution in [2.24, 2.45) is 0 Å². The van der Waals surface area contributed by atoms with Gasteiger partial charge in [0.05, 0.1) is 12.5 Å². The highest BCUT2D eigenvalue weighted by Gasteiger charge is 2.47. The van der Waals surface area contributed by atoms with E-state index in [9.17, 15) is 4.79 Å². The first-order valence-electron chi connectivity index (χ1n) is 8.04. The van der Waals surface area contributed by atoms with Gasteiger partial charge in [-0.2, -0.15) is 0 Å². The number of piperidine rings is 1. The summed E-state index contributed by atoms with van der Waals surface area (Å²) in [5.74, 6) is 2.71. The highest BCUT2D eigenvalue weighted by Crippen LogP contribution is 2.51. The van der Waals surface area contributed by atoms with Crippen LogP contribution in [0.2, 0.25) is 0 Å². The summed E-state index contributed by atoms with van der Waals surface area (Å²) >= 11 is 0. The second kappa shape index (κ2) is 5.78. The lowest BCUT2D eigenvalue weighted by molar-refractivity contribution is -0.131. The van der Waals surface area contributed by atoms with E-state index in [1.165, 1.54) is 11.1 Å². The molecule has 1 aliphatic heterocycles. The smallest absolute Gasteiger partial charge is 0.230 e. The molecule has 0 radical (unpaired) electrons. The Hall–Kier alpha value is -1.79. The topological polar surface area (TPSA) is 23.6 Å². The van der Waals surface area contributed by atoms with Gasteiger partial charge in [0.1, 0.15) is 0 Å². The summed E-state index contributed by atoms with van der Waals surface area (Å²) in [6, 6.07) is 8.52. The van der Waals surface area contributed by atoms with Crippen molar-refractivity contribution in [1.82, 2.24) is 9.80 Å². The maximum atomic E-state index is 12.8. The van der Waals surface area contributed by atoms with Crippen LogP contribution in [0.25, 0.3) is 0 Å². The molecule has 116 valence electrons. The lowest BCUT2D eigenvalue weighted by Crippen LogP contribution is -2.40. The zero-order chi connectivity index (χ0) is 15.7. The second-order valence-corrected chi connectivity index (χ2v) is 6.83. The summed E-state index contributed by atoms with van der Waals surface area (Å²) in [4.78, 5) is 16.9. The van der Waals surface area contributed by atoms with Crippen LogP contribution < -0.4 is 0 Å². The number of fused-ring (bicyclic) bond motifs is 2. The minimum Gasteiger partial charge on any atom is -0.334 e. The van der Waals surface area contributed by atoms with E-state index in [1.54, 1.807) is 4.90 Å². The summed E-state index contributed by atoms with van der Waals surface area (Å²) in [6.07, 6.45) is 8.59. The van der Waals surface area contributed by atoms with E-state index in [1.807, 2.05) is 13.1 Å². The van der Waals surface area contributed by atoms with E-state index >= 15 is 0 Å². The number of amides is 1. The number of benzene rings is 1. The van der Waals surface area contributed by atoms with Crippen molar-refractivity contribution in [3.63, 3.8) is 0 Å². The van der Waals surface area contributed by atoms with Gasteiger partial charge < -0.3 is 9.80 Å². The number of likely N-dealkylation sites (N-methyl/N-ethyl adjacent to an activating group) is 1. The SMILES string of the molecule is C#CCN(C)C(=O)[C@@H]1CC2(CCN(C)CC2)c2ccccc21. The average Bonchev–Trinajstić information content (AvgIpc) is 2.85. The number of carbonyl (C=O) groups is 1. The van der Waals surface area contributed by atoms with Crippen LogP contribution in [0.1, 0.15) is 36.3 Å². The highest BCUT2D eigenvalue weighted by atomic mass is 16.2. The molecule has 0 bridgehead atoms. The molecule has 3 heteroatoms. The van der Waals surface area contributed by atoms with Gasteiger partial charge in [-0.05, 0) is 55.9 Å². The van der Waals surface area contributed by atoms with Crippen molar-refractivity contribution in [2.45, 2.75) is 30.6 Å². The molecule has 1 atom stereocenters. The number of rotatable bonds is 2. The average molecular weight is 296 g/mol. The van der Waals surface area contributed by atoms with Gasteiger partial charge in [-0.15, -0.1) is 6.42 Å². The van der Waals surface area contributed by atoms with Gasteiger partial charge in [0.15, 0.2) is 0 Å². The Morgan fingerprint density at radius 1 is 1.41 bits per heavy atom. The lowest BCUT2D eigenvalue weighted by Gasteiger charge is -2.39. The third-order valence-corrected chi connectivity index (χ3v) is 5.45. The minimum atomic E-state index is -0.0297. The summed E-state index contributed by atoms with van der Waals surface area (Å²) in [6.45, 7) is 2.60. The normalized spacial score (nSPS) is 23.0. The van der Waals surface area contributed by atoms with Gasteiger partial charge in [-0.3, -0.25) is 4.79 Å². The van der Waals surface area contributed by atoms with Crippen molar-refractivity contribution < 1.29 is 4.79 Å². The van der Waals surface area contributed by atoms with Crippen LogP contribution in [0.4, 0.5) is 0 Å². The van der Waals surface area contributed by atoms with Crippen LogP contribution in [0.3, 0.4) is 0 Å². The van der Waals surface area contributed by atoms with Crippen LogP contribution in [0.15, 0.2) is 24.3 Å². The molecule has 1 fully saturated rings. The van der Waals surface area contributed by atoms with Gasteiger partial charge >= 0.3 is 0 Å². The molecule has 1 aromatic rings. The van der Waals surface area contributed by atoms with Crippen LogP contribution in [-0.2, 0) is 10.2 Å². The summed E-state index contributed by atoms with van der Waals surface area (Å²) in [5, 5.41) is 0. The molecule has 2 aliphatic rings. The Labute approximate surface area is 133 Å². The molecule has 1 heterocycles. The fourth-order valence-corrected chi connectivity index (χ4v) is 4.12. The first kappa shape index (κ1) is 15.1. The number of terminal acetylenes is 1. The van der Waals surface area contributed by atoms with E-state index in [0.29, 0.717) is 6.54 Å². The van der Waals surface area contributed by atoms with Crippen molar-refractivity contribution >= 4 is 5.91 Å². The number of hydrogen-bond donors (Lipinski definition) is 0. The quantitative estimate of drug-likeness (QED) is 0.781. The molecule has 1 aromatic carbocycles. The second-order valence-electron chi connectivity index (χ2n) is 6.83. The molecule has 3 rings (SSSR count).